The van der Waals surface area contributed by atoms with Crippen molar-refractivity contribution in [2.45, 2.75) is 47.0 Å². The lowest BCUT2D eigenvalue weighted by atomic mass is 9.83. The molecule has 1 aromatic rings. The minimum atomic E-state index is -0.551. The first-order chi connectivity index (χ1) is 20.6. The summed E-state index contributed by atoms with van der Waals surface area (Å²) in [5.41, 5.74) is 2.81. The Hall–Kier alpha value is -4.06. The molecule has 1 amide bonds. The summed E-state index contributed by atoms with van der Waals surface area (Å²) in [6, 6.07) is 2.88. The first kappa shape index (κ1) is 33.4. The largest absolute Gasteiger partial charge is 0.493 e. The quantitative estimate of drug-likeness (QED) is 0.228. The van der Waals surface area contributed by atoms with Crippen LogP contribution >= 0.6 is 0 Å². The van der Waals surface area contributed by atoms with E-state index in [0.717, 1.165) is 18.7 Å². The van der Waals surface area contributed by atoms with Crippen molar-refractivity contribution in [3.05, 3.63) is 40.2 Å². The van der Waals surface area contributed by atoms with Crippen LogP contribution in [0.25, 0.3) is 0 Å². The van der Waals surface area contributed by atoms with Gasteiger partial charge in [0.05, 0.1) is 39.1 Å². The lowest BCUT2D eigenvalue weighted by molar-refractivity contribution is -0.137. The Balaban J connectivity index is 1.55. The number of esters is 3. The van der Waals surface area contributed by atoms with Crippen molar-refractivity contribution in [3.63, 3.8) is 0 Å². The fourth-order valence-corrected chi connectivity index (χ4v) is 5.55. The van der Waals surface area contributed by atoms with E-state index in [1.807, 2.05) is 25.7 Å². The maximum absolute atomic E-state index is 13.7. The summed E-state index contributed by atoms with van der Waals surface area (Å²) in [6.07, 6.45) is 2.02. The molecule has 1 unspecified atom stereocenters. The van der Waals surface area contributed by atoms with Gasteiger partial charge in [-0.25, -0.2) is 9.59 Å². The number of allylic oxidation sites excluding steroid dienone is 2. The Kier molecular flexibility index (Phi) is 12.0. The van der Waals surface area contributed by atoms with Gasteiger partial charge in [0.1, 0.15) is 0 Å². The highest BCUT2D eigenvalue weighted by Crippen LogP contribution is 2.39. The molecule has 1 fully saturated rings. The second-order valence-electron chi connectivity index (χ2n) is 10.4. The molecular formula is C31H43N3O9. The molecule has 1 atom stereocenters. The van der Waals surface area contributed by atoms with Crippen molar-refractivity contribution in [1.29, 1.82) is 0 Å². The zero-order valence-electron chi connectivity index (χ0n) is 26.2. The second kappa shape index (κ2) is 15.4. The first-order valence-electron chi connectivity index (χ1n) is 14.5. The van der Waals surface area contributed by atoms with E-state index in [1.54, 1.807) is 0 Å². The molecule has 0 saturated carbocycles. The Labute approximate surface area is 252 Å². The zero-order chi connectivity index (χ0) is 31.7. The Morgan fingerprint density at radius 1 is 0.907 bits per heavy atom. The van der Waals surface area contributed by atoms with Gasteiger partial charge in [0, 0.05) is 56.0 Å². The van der Waals surface area contributed by atoms with Crippen LogP contribution in [0.15, 0.2) is 34.7 Å². The fourth-order valence-electron chi connectivity index (χ4n) is 5.55. The second-order valence-corrected chi connectivity index (χ2v) is 10.4. The molecule has 0 bridgehead atoms. The molecule has 12 heteroatoms. The van der Waals surface area contributed by atoms with Crippen molar-refractivity contribution in [1.82, 2.24) is 15.1 Å². The fraction of sp³-hybridized carbons (Fsp3) is 0.548. The molecule has 12 nitrogen and oxygen atoms in total. The lowest BCUT2D eigenvalue weighted by Crippen LogP contribution is -2.41. The molecule has 2 heterocycles. The van der Waals surface area contributed by atoms with Crippen molar-refractivity contribution in [3.8, 4) is 17.2 Å². The molecule has 1 aromatic carbocycles. The number of dihydropyridines is 1. The molecule has 3 rings (SSSR count). The smallest absolute Gasteiger partial charge is 0.338 e. The third kappa shape index (κ3) is 8.07. The predicted molar refractivity (Wildman–Crippen MR) is 158 cm³/mol. The monoisotopic (exact) mass is 601 g/mol. The molecule has 43 heavy (non-hydrogen) atoms. The van der Waals surface area contributed by atoms with E-state index in [1.165, 1.54) is 40.4 Å². The SMILES string of the molecule is CCC1C(C(=O)OC)=C(C)NC(C)=C1C(=O)N1CCCN(CCCOC(=O)c2cc(OC)c(OC(C)=O)c(OC)c2)CC1. The van der Waals surface area contributed by atoms with Gasteiger partial charge >= 0.3 is 17.9 Å². The minimum Gasteiger partial charge on any atom is -0.493 e. The third-order valence-corrected chi connectivity index (χ3v) is 7.59. The lowest BCUT2D eigenvalue weighted by Gasteiger charge is -2.32. The van der Waals surface area contributed by atoms with Gasteiger partial charge in [0.2, 0.25) is 5.75 Å². The van der Waals surface area contributed by atoms with Crippen LogP contribution in [0.5, 0.6) is 17.2 Å². The highest BCUT2D eigenvalue weighted by Gasteiger charge is 2.36. The average molecular weight is 602 g/mol. The number of methoxy groups -OCH3 is 3. The number of rotatable bonds is 11. The predicted octanol–water partition coefficient (Wildman–Crippen LogP) is 3.06. The minimum absolute atomic E-state index is 0.0629. The summed E-state index contributed by atoms with van der Waals surface area (Å²) in [7, 11) is 4.15. The van der Waals surface area contributed by atoms with Crippen LogP contribution in [-0.4, -0.2) is 94.3 Å². The number of ether oxygens (including phenoxy) is 5. The molecule has 2 aliphatic rings. The normalized spacial score (nSPS) is 17.6. The molecule has 1 saturated heterocycles. The van der Waals surface area contributed by atoms with Crippen LogP contribution in [-0.2, 0) is 23.9 Å². The van der Waals surface area contributed by atoms with Crippen LogP contribution < -0.4 is 19.5 Å². The Morgan fingerprint density at radius 2 is 1.56 bits per heavy atom. The summed E-state index contributed by atoms with van der Waals surface area (Å²) in [6.45, 7) is 10.5. The van der Waals surface area contributed by atoms with Gasteiger partial charge in [-0.1, -0.05) is 6.92 Å². The summed E-state index contributed by atoms with van der Waals surface area (Å²) in [5.74, 6) is -1.46. The third-order valence-electron chi connectivity index (χ3n) is 7.59. The molecule has 0 spiro atoms. The number of nitrogens with zero attached hydrogens (tertiary/aromatic N) is 2. The number of amides is 1. The van der Waals surface area contributed by atoms with Gasteiger partial charge in [-0.3, -0.25) is 9.59 Å². The average Bonchev–Trinajstić information content (AvgIpc) is 3.23. The number of hydrogen-bond acceptors (Lipinski definition) is 11. The van der Waals surface area contributed by atoms with E-state index in [0.29, 0.717) is 55.9 Å². The maximum atomic E-state index is 13.7. The van der Waals surface area contributed by atoms with Crippen LogP contribution in [0, 0.1) is 5.92 Å². The number of benzene rings is 1. The standard InChI is InChI=1S/C31H43N3O9/c1-8-23-26(19(2)32-20(3)27(23)31(38)41-7)29(36)34-13-9-11-33(14-15-34)12-10-16-42-30(37)22-17-24(39-5)28(43-21(4)35)25(18-22)40-6/h17-18,23,32H,8-16H2,1-7H3. The van der Waals surface area contributed by atoms with Crippen LogP contribution in [0.1, 0.15) is 57.3 Å². The maximum Gasteiger partial charge on any atom is 0.338 e. The molecule has 1 N–H and O–H groups in total. The molecule has 236 valence electrons. The van der Waals surface area contributed by atoms with E-state index in [2.05, 4.69) is 10.2 Å². The van der Waals surface area contributed by atoms with E-state index >= 15 is 0 Å². The Morgan fingerprint density at radius 3 is 2.14 bits per heavy atom. The highest BCUT2D eigenvalue weighted by molar-refractivity contribution is 6.00. The molecule has 0 radical (unpaired) electrons. The summed E-state index contributed by atoms with van der Waals surface area (Å²) >= 11 is 0. The van der Waals surface area contributed by atoms with Gasteiger partial charge in [-0.15, -0.1) is 0 Å². The van der Waals surface area contributed by atoms with E-state index < -0.39 is 17.9 Å². The summed E-state index contributed by atoms with van der Waals surface area (Å²) in [5, 5.41) is 3.21. The number of nitrogens with one attached hydrogen (secondary N) is 1. The number of carbonyl (C=O) groups excluding carboxylic acids is 4. The van der Waals surface area contributed by atoms with Crippen molar-refractivity contribution in [2.75, 3.05) is 60.7 Å². The molecular weight excluding hydrogens is 558 g/mol. The summed E-state index contributed by atoms with van der Waals surface area (Å²) < 4.78 is 26.2. The zero-order valence-corrected chi connectivity index (χ0v) is 26.2. The van der Waals surface area contributed by atoms with E-state index in [4.69, 9.17) is 23.7 Å². The first-order valence-corrected chi connectivity index (χ1v) is 14.5. The van der Waals surface area contributed by atoms with Crippen LogP contribution in [0.3, 0.4) is 0 Å². The molecule has 2 aliphatic heterocycles. The Bertz CT molecular complexity index is 1260. The number of carbonyl (C=O) groups is 4. The van der Waals surface area contributed by atoms with Crippen molar-refractivity contribution < 1.29 is 42.9 Å². The number of hydrogen-bond donors (Lipinski definition) is 1. The van der Waals surface area contributed by atoms with E-state index in [-0.39, 0.29) is 41.2 Å². The van der Waals surface area contributed by atoms with E-state index in [9.17, 15) is 19.2 Å². The van der Waals surface area contributed by atoms with Gasteiger partial charge in [-0.2, -0.15) is 0 Å². The van der Waals surface area contributed by atoms with Crippen molar-refractivity contribution >= 4 is 23.8 Å². The summed E-state index contributed by atoms with van der Waals surface area (Å²) in [4.78, 5) is 54.5. The topological polar surface area (TPSA) is 133 Å². The van der Waals surface area contributed by atoms with Gasteiger partial charge in [0.15, 0.2) is 11.5 Å². The van der Waals surface area contributed by atoms with Gasteiger partial charge in [-0.05, 0) is 51.8 Å². The van der Waals surface area contributed by atoms with Gasteiger partial charge < -0.3 is 38.8 Å². The van der Waals surface area contributed by atoms with Crippen LogP contribution in [0.2, 0.25) is 0 Å². The molecule has 0 aliphatic carbocycles. The highest BCUT2D eigenvalue weighted by atomic mass is 16.6. The van der Waals surface area contributed by atoms with Crippen LogP contribution in [0.4, 0.5) is 0 Å². The molecule has 0 aromatic heterocycles. The van der Waals surface area contributed by atoms with Gasteiger partial charge in [0.25, 0.3) is 5.91 Å². The van der Waals surface area contributed by atoms with Crippen molar-refractivity contribution in [2.24, 2.45) is 5.92 Å².